The lowest BCUT2D eigenvalue weighted by atomic mass is 10.1. The van der Waals surface area contributed by atoms with Crippen LogP contribution in [0.15, 0.2) is 47.5 Å². The maximum atomic E-state index is 13.2. The molecule has 0 aliphatic heterocycles. The van der Waals surface area contributed by atoms with Gasteiger partial charge in [0, 0.05) is 7.05 Å². The summed E-state index contributed by atoms with van der Waals surface area (Å²) < 4.78 is 28.5. The highest BCUT2D eigenvalue weighted by molar-refractivity contribution is 7.16. The topological polar surface area (TPSA) is 34.4 Å². The van der Waals surface area contributed by atoms with E-state index in [0.29, 0.717) is 10.4 Å². The molecule has 2 aromatic carbocycles. The number of benzene rings is 2. The van der Waals surface area contributed by atoms with Crippen LogP contribution < -0.4 is 4.80 Å². The molecule has 3 rings (SSSR count). The zero-order valence-electron chi connectivity index (χ0n) is 11.7. The molecule has 6 heteroatoms. The molecule has 1 heterocycles. The van der Waals surface area contributed by atoms with Crippen LogP contribution in [0.1, 0.15) is 5.56 Å². The molecule has 1 amide bonds. The summed E-state index contributed by atoms with van der Waals surface area (Å²) in [6, 6.07) is 10.2. The monoisotopic (exact) mass is 318 g/mol. The Kier molecular flexibility index (Phi) is 3.85. The first kappa shape index (κ1) is 14.6. The highest BCUT2D eigenvalue weighted by Crippen LogP contribution is 2.17. The van der Waals surface area contributed by atoms with Crippen molar-refractivity contribution in [2.24, 2.45) is 12.0 Å². The lowest BCUT2D eigenvalue weighted by molar-refractivity contribution is -0.117. The molecule has 0 spiro atoms. The number of hydrogen-bond donors (Lipinski definition) is 0. The van der Waals surface area contributed by atoms with Gasteiger partial charge in [-0.1, -0.05) is 23.5 Å². The van der Waals surface area contributed by atoms with Crippen LogP contribution in [0.25, 0.3) is 10.2 Å². The van der Waals surface area contributed by atoms with E-state index >= 15 is 0 Å². The zero-order chi connectivity index (χ0) is 15.7. The third-order valence-electron chi connectivity index (χ3n) is 3.26. The van der Waals surface area contributed by atoms with Crippen LogP contribution in [-0.2, 0) is 18.3 Å². The number of halogens is 2. The maximum absolute atomic E-state index is 13.2. The zero-order valence-corrected chi connectivity index (χ0v) is 12.5. The van der Waals surface area contributed by atoms with E-state index in [-0.39, 0.29) is 24.0 Å². The van der Waals surface area contributed by atoms with Crippen LogP contribution in [0.2, 0.25) is 0 Å². The van der Waals surface area contributed by atoms with Crippen molar-refractivity contribution < 1.29 is 13.6 Å². The van der Waals surface area contributed by atoms with Gasteiger partial charge in [-0.2, -0.15) is 4.99 Å². The Bertz CT molecular complexity index is 910. The molecular formula is C16H12F2N2OS. The molecule has 0 unspecified atom stereocenters. The van der Waals surface area contributed by atoms with Crippen LogP contribution in [0.4, 0.5) is 8.78 Å². The van der Waals surface area contributed by atoms with Crippen molar-refractivity contribution in [2.75, 3.05) is 0 Å². The van der Waals surface area contributed by atoms with Gasteiger partial charge in [0.15, 0.2) is 4.80 Å². The molecule has 0 aliphatic rings. The summed E-state index contributed by atoms with van der Waals surface area (Å²) in [6.07, 6.45) is 0.100. The molecule has 0 saturated carbocycles. The van der Waals surface area contributed by atoms with E-state index in [9.17, 15) is 13.6 Å². The number of fused-ring (bicyclic) bond motifs is 1. The Labute approximate surface area is 129 Å². The van der Waals surface area contributed by atoms with Gasteiger partial charge in [0.2, 0.25) is 0 Å². The van der Waals surface area contributed by atoms with E-state index in [1.54, 1.807) is 29.8 Å². The number of hydrogen-bond acceptors (Lipinski definition) is 2. The van der Waals surface area contributed by atoms with Gasteiger partial charge in [-0.05, 0) is 35.9 Å². The number of nitrogens with zero attached hydrogens (tertiary/aromatic N) is 2. The van der Waals surface area contributed by atoms with Crippen molar-refractivity contribution in [3.8, 4) is 0 Å². The van der Waals surface area contributed by atoms with Crippen LogP contribution in [-0.4, -0.2) is 10.5 Å². The van der Waals surface area contributed by atoms with Gasteiger partial charge in [0.05, 0.1) is 16.6 Å². The molecular weight excluding hydrogens is 306 g/mol. The molecule has 0 atom stereocenters. The number of carbonyl (C=O) groups excluding carboxylic acids is 1. The van der Waals surface area contributed by atoms with Crippen LogP contribution in [0, 0.1) is 11.6 Å². The van der Waals surface area contributed by atoms with Gasteiger partial charge >= 0.3 is 0 Å². The predicted octanol–water partition coefficient (Wildman–Crippen LogP) is 3.19. The molecule has 1 aromatic heterocycles. The van der Waals surface area contributed by atoms with E-state index < -0.39 is 0 Å². The van der Waals surface area contributed by atoms with Crippen LogP contribution in [0.3, 0.4) is 0 Å². The first-order chi connectivity index (χ1) is 10.5. The first-order valence-corrected chi connectivity index (χ1v) is 7.41. The molecule has 0 N–H and O–H groups in total. The maximum Gasteiger partial charge on any atom is 0.252 e. The van der Waals surface area contributed by atoms with E-state index in [2.05, 4.69) is 4.99 Å². The van der Waals surface area contributed by atoms with E-state index in [4.69, 9.17) is 0 Å². The Balaban J connectivity index is 1.92. The number of aryl methyl sites for hydroxylation is 1. The van der Waals surface area contributed by atoms with Crippen molar-refractivity contribution in [1.29, 1.82) is 0 Å². The Hall–Kier alpha value is -2.34. The first-order valence-electron chi connectivity index (χ1n) is 6.60. The average Bonchev–Trinajstić information content (AvgIpc) is 2.77. The minimum absolute atomic E-state index is 0.100. The van der Waals surface area contributed by atoms with Crippen LogP contribution in [0.5, 0.6) is 0 Å². The smallest absolute Gasteiger partial charge is 0.252 e. The molecule has 0 aliphatic carbocycles. The Morgan fingerprint density at radius 2 is 1.82 bits per heavy atom. The summed E-state index contributed by atoms with van der Waals surface area (Å²) in [7, 11) is 1.78. The van der Waals surface area contributed by atoms with Crippen molar-refractivity contribution >= 4 is 27.5 Å². The van der Waals surface area contributed by atoms with Gasteiger partial charge in [-0.15, -0.1) is 0 Å². The lowest BCUT2D eigenvalue weighted by Crippen LogP contribution is -2.14. The number of aromatic nitrogens is 1. The van der Waals surface area contributed by atoms with E-state index in [0.717, 1.165) is 10.2 Å². The minimum atomic E-state index is -0.342. The van der Waals surface area contributed by atoms with E-state index in [1.165, 1.54) is 35.6 Å². The molecule has 112 valence electrons. The van der Waals surface area contributed by atoms with Gasteiger partial charge in [-0.25, -0.2) is 8.78 Å². The molecule has 0 fully saturated rings. The molecule has 3 aromatic rings. The molecule has 0 saturated heterocycles. The second kappa shape index (κ2) is 5.81. The van der Waals surface area contributed by atoms with Gasteiger partial charge in [0.25, 0.3) is 5.91 Å². The fraction of sp³-hybridized carbons (Fsp3) is 0.125. The van der Waals surface area contributed by atoms with Crippen molar-refractivity contribution in [3.63, 3.8) is 0 Å². The predicted molar refractivity (Wildman–Crippen MR) is 81.4 cm³/mol. The third-order valence-corrected chi connectivity index (χ3v) is 4.35. The number of carbonyl (C=O) groups is 1. The molecule has 0 bridgehead atoms. The van der Waals surface area contributed by atoms with Crippen LogP contribution >= 0.6 is 11.3 Å². The largest absolute Gasteiger partial charge is 0.319 e. The Morgan fingerprint density at radius 1 is 1.14 bits per heavy atom. The highest BCUT2D eigenvalue weighted by atomic mass is 32.1. The van der Waals surface area contributed by atoms with Crippen molar-refractivity contribution in [1.82, 2.24) is 4.57 Å². The fourth-order valence-corrected chi connectivity index (χ4v) is 3.20. The quantitative estimate of drug-likeness (QED) is 0.714. The Morgan fingerprint density at radius 3 is 2.55 bits per heavy atom. The summed E-state index contributed by atoms with van der Waals surface area (Å²) >= 11 is 1.25. The number of amides is 1. The average molecular weight is 318 g/mol. The fourth-order valence-electron chi connectivity index (χ4n) is 2.14. The summed E-state index contributed by atoms with van der Waals surface area (Å²) in [5.74, 6) is -0.987. The standard InChI is InChI=1S/C16H12F2N2OS/c1-20-13-7-6-12(18)9-14(13)22-16(20)19-15(21)8-10-2-4-11(17)5-3-10/h2-7,9H,8H2,1H3. The SMILES string of the molecule is Cn1c(=NC(=O)Cc2ccc(F)cc2)sc2cc(F)ccc21. The molecule has 22 heavy (non-hydrogen) atoms. The minimum Gasteiger partial charge on any atom is -0.319 e. The van der Waals surface area contributed by atoms with Crippen molar-refractivity contribution in [2.45, 2.75) is 6.42 Å². The molecule has 3 nitrogen and oxygen atoms in total. The summed E-state index contributed by atoms with van der Waals surface area (Å²) in [5.41, 5.74) is 1.52. The summed E-state index contributed by atoms with van der Waals surface area (Å²) in [4.78, 5) is 16.6. The van der Waals surface area contributed by atoms with Gasteiger partial charge < -0.3 is 4.57 Å². The van der Waals surface area contributed by atoms with Gasteiger partial charge in [0.1, 0.15) is 11.6 Å². The third kappa shape index (κ3) is 2.96. The normalized spacial score (nSPS) is 12.0. The highest BCUT2D eigenvalue weighted by Gasteiger charge is 2.07. The molecule has 0 radical (unpaired) electrons. The summed E-state index contributed by atoms with van der Waals surface area (Å²) in [6.45, 7) is 0. The number of rotatable bonds is 2. The van der Waals surface area contributed by atoms with Crippen molar-refractivity contribution in [3.05, 3.63) is 64.5 Å². The van der Waals surface area contributed by atoms with Gasteiger partial charge in [-0.3, -0.25) is 4.79 Å². The lowest BCUT2D eigenvalue weighted by Gasteiger charge is -1.97. The summed E-state index contributed by atoms with van der Waals surface area (Å²) in [5, 5.41) is 0. The number of thiazole rings is 1. The second-order valence-electron chi connectivity index (χ2n) is 4.86. The second-order valence-corrected chi connectivity index (χ2v) is 5.87. The van der Waals surface area contributed by atoms with E-state index in [1.807, 2.05) is 0 Å².